The van der Waals surface area contributed by atoms with Gasteiger partial charge >= 0.3 is 0 Å². The lowest BCUT2D eigenvalue weighted by Crippen LogP contribution is -2.17. The molecule has 0 radical (unpaired) electrons. The van der Waals surface area contributed by atoms with Crippen molar-refractivity contribution in [1.82, 2.24) is 0 Å². The van der Waals surface area contributed by atoms with Crippen LogP contribution in [0.3, 0.4) is 0 Å². The van der Waals surface area contributed by atoms with Gasteiger partial charge in [0.05, 0.1) is 18.8 Å². The van der Waals surface area contributed by atoms with Crippen LogP contribution in [0.2, 0.25) is 0 Å². The zero-order valence-corrected chi connectivity index (χ0v) is 11.9. The number of hydrogen-bond acceptors (Lipinski definition) is 3. The number of hydrogen-bond donors (Lipinski definition) is 0. The summed E-state index contributed by atoms with van der Waals surface area (Å²) in [7, 11) is 0. The van der Waals surface area contributed by atoms with E-state index >= 15 is 0 Å². The second kappa shape index (κ2) is 5.55. The normalized spacial score (nSPS) is 16.2. The molecule has 2 aromatic carbocycles. The topological polar surface area (TPSA) is 31.6 Å². The summed E-state index contributed by atoms with van der Waals surface area (Å²) in [5.74, 6) is 0.185. The van der Waals surface area contributed by atoms with E-state index in [9.17, 15) is 4.39 Å². The molecular formula is C18H15FO3. The van der Waals surface area contributed by atoms with Crippen molar-refractivity contribution in [3.8, 4) is 11.3 Å². The Kier molecular flexibility index (Phi) is 3.41. The van der Waals surface area contributed by atoms with E-state index < -0.39 is 6.29 Å². The van der Waals surface area contributed by atoms with E-state index in [4.69, 9.17) is 13.9 Å². The number of fused-ring (bicyclic) bond motifs is 1. The molecule has 0 unspecified atom stereocenters. The molecular weight excluding hydrogens is 283 g/mol. The number of furan rings is 1. The summed E-state index contributed by atoms with van der Waals surface area (Å²) in [6.07, 6.45) is 0.392. The van der Waals surface area contributed by atoms with Gasteiger partial charge in [-0.25, -0.2) is 4.39 Å². The van der Waals surface area contributed by atoms with Gasteiger partial charge < -0.3 is 13.9 Å². The van der Waals surface area contributed by atoms with Gasteiger partial charge in [0.15, 0.2) is 6.29 Å². The zero-order chi connectivity index (χ0) is 14.9. The molecule has 4 heteroatoms. The molecule has 0 saturated carbocycles. The fourth-order valence-corrected chi connectivity index (χ4v) is 2.67. The molecule has 0 N–H and O–H groups in total. The Bertz CT molecular complexity index is 770. The highest BCUT2D eigenvalue weighted by Gasteiger charge is 2.19. The molecule has 112 valence electrons. The molecule has 1 saturated heterocycles. The second-order valence-electron chi connectivity index (χ2n) is 5.31. The van der Waals surface area contributed by atoms with E-state index in [0.29, 0.717) is 30.1 Å². The Morgan fingerprint density at radius 1 is 0.955 bits per heavy atom. The quantitative estimate of drug-likeness (QED) is 0.688. The first-order chi connectivity index (χ1) is 10.8. The highest BCUT2D eigenvalue weighted by atomic mass is 19.1. The van der Waals surface area contributed by atoms with Crippen molar-refractivity contribution in [2.75, 3.05) is 13.2 Å². The molecule has 0 spiro atoms. The summed E-state index contributed by atoms with van der Waals surface area (Å²) in [5.41, 5.74) is 1.88. The Morgan fingerprint density at radius 2 is 1.77 bits per heavy atom. The van der Waals surface area contributed by atoms with Crippen molar-refractivity contribution in [3.63, 3.8) is 0 Å². The molecule has 0 amide bonds. The zero-order valence-electron chi connectivity index (χ0n) is 11.9. The van der Waals surface area contributed by atoms with Crippen LogP contribution in [0.15, 0.2) is 52.9 Å². The summed E-state index contributed by atoms with van der Waals surface area (Å²) < 4.78 is 31.2. The van der Waals surface area contributed by atoms with Gasteiger partial charge in [0.2, 0.25) is 0 Å². The van der Waals surface area contributed by atoms with Gasteiger partial charge in [0, 0.05) is 10.9 Å². The van der Waals surface area contributed by atoms with E-state index in [2.05, 4.69) is 0 Å². The molecule has 1 aliphatic heterocycles. The molecule has 3 nitrogen and oxygen atoms in total. The number of para-hydroxylation sites is 1. The minimum absolute atomic E-state index is 0.339. The molecule has 3 aromatic rings. The molecule has 2 heterocycles. The van der Waals surface area contributed by atoms with Crippen LogP contribution < -0.4 is 0 Å². The molecule has 1 fully saturated rings. The van der Waals surface area contributed by atoms with E-state index in [0.717, 1.165) is 17.4 Å². The number of rotatable bonds is 2. The first kappa shape index (κ1) is 13.5. The van der Waals surface area contributed by atoms with E-state index in [1.54, 1.807) is 6.07 Å². The molecule has 22 heavy (non-hydrogen) atoms. The molecule has 0 aliphatic carbocycles. The van der Waals surface area contributed by atoms with E-state index in [-0.39, 0.29) is 5.82 Å². The SMILES string of the molecule is Fc1cc(C2OCCCO2)ccc1-c1cc2ccccc2o1. The summed E-state index contributed by atoms with van der Waals surface area (Å²) in [4.78, 5) is 0. The minimum Gasteiger partial charge on any atom is -0.456 e. The predicted octanol–water partition coefficient (Wildman–Crippen LogP) is 4.67. The van der Waals surface area contributed by atoms with Crippen LogP contribution in [0.1, 0.15) is 18.3 Å². The Balaban J connectivity index is 1.70. The fraction of sp³-hybridized carbons (Fsp3) is 0.222. The number of benzene rings is 2. The van der Waals surface area contributed by atoms with Crippen LogP contribution in [-0.4, -0.2) is 13.2 Å². The van der Waals surface area contributed by atoms with Crippen LogP contribution in [0.25, 0.3) is 22.3 Å². The van der Waals surface area contributed by atoms with Crippen LogP contribution in [0, 0.1) is 5.82 Å². The van der Waals surface area contributed by atoms with E-state index in [1.165, 1.54) is 6.07 Å². The maximum Gasteiger partial charge on any atom is 0.183 e. The highest BCUT2D eigenvalue weighted by molar-refractivity contribution is 5.82. The van der Waals surface area contributed by atoms with Gasteiger partial charge in [-0.1, -0.05) is 24.3 Å². The molecule has 0 atom stereocenters. The smallest absolute Gasteiger partial charge is 0.183 e. The lowest BCUT2D eigenvalue weighted by Gasteiger charge is -2.23. The molecule has 1 aromatic heterocycles. The highest BCUT2D eigenvalue weighted by Crippen LogP contribution is 2.32. The average molecular weight is 298 g/mol. The molecule has 0 bridgehead atoms. The second-order valence-corrected chi connectivity index (χ2v) is 5.31. The number of halogens is 1. The lowest BCUT2D eigenvalue weighted by molar-refractivity contribution is -0.183. The van der Waals surface area contributed by atoms with Crippen molar-refractivity contribution in [2.45, 2.75) is 12.7 Å². The summed E-state index contributed by atoms with van der Waals surface area (Å²) in [6.45, 7) is 1.27. The Morgan fingerprint density at radius 3 is 2.55 bits per heavy atom. The Labute approximate surface area is 127 Å². The summed E-state index contributed by atoms with van der Waals surface area (Å²) in [5, 5.41) is 0.958. The predicted molar refractivity (Wildman–Crippen MR) is 80.9 cm³/mol. The summed E-state index contributed by atoms with van der Waals surface area (Å²) >= 11 is 0. The first-order valence-corrected chi connectivity index (χ1v) is 7.33. The van der Waals surface area contributed by atoms with Crippen LogP contribution in [0.5, 0.6) is 0 Å². The van der Waals surface area contributed by atoms with Crippen LogP contribution in [0.4, 0.5) is 4.39 Å². The van der Waals surface area contributed by atoms with Gasteiger partial charge in [-0.2, -0.15) is 0 Å². The molecule has 4 rings (SSSR count). The van der Waals surface area contributed by atoms with Crippen LogP contribution in [-0.2, 0) is 9.47 Å². The van der Waals surface area contributed by atoms with Crippen molar-refractivity contribution in [2.24, 2.45) is 0 Å². The van der Waals surface area contributed by atoms with Gasteiger partial charge in [0.25, 0.3) is 0 Å². The third kappa shape index (κ3) is 2.40. The number of ether oxygens (including phenoxy) is 2. The monoisotopic (exact) mass is 298 g/mol. The minimum atomic E-state index is -0.479. The summed E-state index contributed by atoms with van der Waals surface area (Å²) in [6, 6.07) is 14.5. The van der Waals surface area contributed by atoms with Gasteiger partial charge in [-0.3, -0.25) is 0 Å². The maximum absolute atomic E-state index is 14.4. The van der Waals surface area contributed by atoms with Crippen molar-refractivity contribution in [1.29, 1.82) is 0 Å². The van der Waals surface area contributed by atoms with Crippen molar-refractivity contribution < 1.29 is 18.3 Å². The van der Waals surface area contributed by atoms with Gasteiger partial charge in [-0.05, 0) is 30.7 Å². The standard InChI is InChI=1S/C18H15FO3/c19-15-10-13(18-20-8-3-9-21-18)6-7-14(15)17-11-12-4-1-2-5-16(12)22-17/h1-2,4-7,10-11,18H,3,8-9H2. The van der Waals surface area contributed by atoms with E-state index in [1.807, 2.05) is 36.4 Å². The Hall–Kier alpha value is -2.17. The average Bonchev–Trinajstić information content (AvgIpc) is 2.99. The van der Waals surface area contributed by atoms with Gasteiger partial charge in [0.1, 0.15) is 17.2 Å². The van der Waals surface area contributed by atoms with Crippen LogP contribution >= 0.6 is 0 Å². The van der Waals surface area contributed by atoms with Gasteiger partial charge in [-0.15, -0.1) is 0 Å². The first-order valence-electron chi connectivity index (χ1n) is 7.33. The third-order valence-corrected chi connectivity index (χ3v) is 3.78. The molecule has 1 aliphatic rings. The third-order valence-electron chi connectivity index (χ3n) is 3.78. The van der Waals surface area contributed by atoms with Crippen molar-refractivity contribution >= 4 is 11.0 Å². The van der Waals surface area contributed by atoms with Crippen molar-refractivity contribution in [3.05, 3.63) is 59.9 Å². The lowest BCUT2D eigenvalue weighted by atomic mass is 10.1. The fourth-order valence-electron chi connectivity index (χ4n) is 2.67. The largest absolute Gasteiger partial charge is 0.456 e. The maximum atomic E-state index is 14.4.